The largest absolute Gasteiger partial charge is 0.505 e. The van der Waals surface area contributed by atoms with E-state index in [0.29, 0.717) is 10.8 Å². The van der Waals surface area contributed by atoms with Crippen LogP contribution in [0.5, 0.6) is 5.75 Å². The fourth-order valence-electron chi connectivity index (χ4n) is 1.34. The van der Waals surface area contributed by atoms with Crippen molar-refractivity contribution in [2.75, 3.05) is 0 Å². The summed E-state index contributed by atoms with van der Waals surface area (Å²) < 4.78 is 1.61. The fraction of sp³-hybridized carbons (Fsp3) is 0. The van der Waals surface area contributed by atoms with Gasteiger partial charge in [-0.05, 0) is 34.1 Å². The van der Waals surface area contributed by atoms with Crippen molar-refractivity contribution in [3.63, 3.8) is 0 Å². The highest BCUT2D eigenvalue weighted by Crippen LogP contribution is 2.36. The van der Waals surface area contributed by atoms with Crippen molar-refractivity contribution in [1.82, 2.24) is 0 Å². The van der Waals surface area contributed by atoms with Crippen molar-refractivity contribution in [3.05, 3.63) is 21.1 Å². The van der Waals surface area contributed by atoms with Gasteiger partial charge in [-0.25, -0.2) is 0 Å². The molecule has 2 rings (SSSR count). The SMILES string of the molecule is OB(O)c1cccc2sc(I)c(O)c12. The molecule has 1 aromatic heterocycles. The predicted molar refractivity (Wildman–Crippen MR) is 66.0 cm³/mol. The highest BCUT2D eigenvalue weighted by Gasteiger charge is 2.19. The second-order valence-corrected chi connectivity index (χ2v) is 5.68. The molecule has 72 valence electrons. The van der Waals surface area contributed by atoms with Crippen LogP contribution in [0.1, 0.15) is 0 Å². The molecular formula is C8H6BIO3S. The molecule has 0 atom stereocenters. The first kappa shape index (κ1) is 10.2. The van der Waals surface area contributed by atoms with E-state index in [-0.39, 0.29) is 5.75 Å². The Kier molecular flexibility index (Phi) is 2.69. The van der Waals surface area contributed by atoms with Crippen molar-refractivity contribution >= 4 is 56.6 Å². The highest BCUT2D eigenvalue weighted by molar-refractivity contribution is 14.1. The Hall–Kier alpha value is -0.305. The van der Waals surface area contributed by atoms with Crippen molar-refractivity contribution in [2.45, 2.75) is 0 Å². The molecule has 14 heavy (non-hydrogen) atoms. The summed E-state index contributed by atoms with van der Waals surface area (Å²) in [6.45, 7) is 0. The number of halogens is 1. The molecule has 0 bridgehead atoms. The molecule has 0 radical (unpaired) electrons. The van der Waals surface area contributed by atoms with Gasteiger partial charge in [-0.2, -0.15) is 0 Å². The molecule has 1 heterocycles. The second-order valence-electron chi connectivity index (χ2n) is 2.82. The predicted octanol–water partition coefficient (Wildman–Crippen LogP) is 0.891. The minimum Gasteiger partial charge on any atom is -0.505 e. The fourth-order valence-corrected chi connectivity index (χ4v) is 3.18. The lowest BCUT2D eigenvalue weighted by molar-refractivity contribution is 0.425. The van der Waals surface area contributed by atoms with E-state index in [1.807, 2.05) is 28.7 Å². The minimum absolute atomic E-state index is 0.134. The lowest BCUT2D eigenvalue weighted by atomic mass is 9.78. The van der Waals surface area contributed by atoms with E-state index in [4.69, 9.17) is 10.0 Å². The summed E-state index contributed by atoms with van der Waals surface area (Å²) >= 11 is 3.45. The number of thiophene rings is 1. The molecule has 2 aromatic rings. The highest BCUT2D eigenvalue weighted by atomic mass is 127. The zero-order chi connectivity index (χ0) is 10.3. The van der Waals surface area contributed by atoms with Gasteiger partial charge in [0.25, 0.3) is 0 Å². The molecule has 0 aliphatic rings. The van der Waals surface area contributed by atoms with Crippen LogP contribution in [-0.4, -0.2) is 22.3 Å². The summed E-state index contributed by atoms with van der Waals surface area (Å²) in [4.78, 5) is 0. The maximum absolute atomic E-state index is 9.71. The lowest BCUT2D eigenvalue weighted by Gasteiger charge is -2.01. The van der Waals surface area contributed by atoms with Crippen LogP contribution in [0.3, 0.4) is 0 Å². The van der Waals surface area contributed by atoms with E-state index >= 15 is 0 Å². The third-order valence-corrected chi connectivity index (χ3v) is 4.06. The number of hydrogen-bond acceptors (Lipinski definition) is 4. The number of hydrogen-bond donors (Lipinski definition) is 3. The van der Waals surface area contributed by atoms with Gasteiger partial charge in [-0.15, -0.1) is 11.3 Å². The van der Waals surface area contributed by atoms with E-state index in [2.05, 4.69) is 0 Å². The first-order chi connectivity index (χ1) is 6.61. The molecule has 0 aliphatic heterocycles. The van der Waals surface area contributed by atoms with E-state index in [0.717, 1.165) is 7.58 Å². The topological polar surface area (TPSA) is 60.7 Å². The normalized spacial score (nSPS) is 10.8. The standard InChI is InChI=1S/C8H6BIO3S/c10-8-7(11)6-4(9(12)13)2-1-3-5(6)14-8/h1-3,11-13H. The first-order valence-corrected chi connectivity index (χ1v) is 5.77. The van der Waals surface area contributed by atoms with Crippen LogP contribution < -0.4 is 5.46 Å². The first-order valence-electron chi connectivity index (χ1n) is 3.87. The summed E-state index contributed by atoms with van der Waals surface area (Å²) in [5, 5.41) is 28.5. The van der Waals surface area contributed by atoms with Gasteiger partial charge < -0.3 is 15.2 Å². The van der Waals surface area contributed by atoms with Gasteiger partial charge in [0.05, 0.1) is 0 Å². The Morgan fingerprint density at radius 1 is 1.29 bits per heavy atom. The maximum Gasteiger partial charge on any atom is 0.489 e. The van der Waals surface area contributed by atoms with E-state index < -0.39 is 7.12 Å². The van der Waals surface area contributed by atoms with Crippen LogP contribution in [0, 0.1) is 2.88 Å². The zero-order valence-corrected chi connectivity index (χ0v) is 9.91. The van der Waals surface area contributed by atoms with Gasteiger partial charge in [0.2, 0.25) is 0 Å². The Bertz CT molecular complexity index is 483. The molecule has 1 aromatic carbocycles. The molecule has 0 unspecified atom stereocenters. The number of benzene rings is 1. The Morgan fingerprint density at radius 3 is 2.64 bits per heavy atom. The molecule has 0 aliphatic carbocycles. The monoisotopic (exact) mass is 320 g/mol. The van der Waals surface area contributed by atoms with Crippen LogP contribution in [0.2, 0.25) is 0 Å². The van der Waals surface area contributed by atoms with E-state index in [1.54, 1.807) is 12.1 Å². The van der Waals surface area contributed by atoms with E-state index in [9.17, 15) is 5.11 Å². The number of fused-ring (bicyclic) bond motifs is 1. The van der Waals surface area contributed by atoms with Gasteiger partial charge in [0.15, 0.2) is 0 Å². The molecular weight excluding hydrogens is 314 g/mol. The average Bonchev–Trinajstić information content (AvgIpc) is 2.43. The second kappa shape index (κ2) is 3.69. The summed E-state index contributed by atoms with van der Waals surface area (Å²) in [5.41, 5.74) is 0.346. The van der Waals surface area contributed by atoms with Gasteiger partial charge in [0, 0.05) is 10.1 Å². The molecule has 0 spiro atoms. The molecule has 3 nitrogen and oxygen atoms in total. The van der Waals surface area contributed by atoms with Crippen molar-refractivity contribution in [1.29, 1.82) is 0 Å². The average molecular weight is 320 g/mol. The number of rotatable bonds is 1. The van der Waals surface area contributed by atoms with Crippen LogP contribution in [0.25, 0.3) is 10.1 Å². The van der Waals surface area contributed by atoms with Crippen molar-refractivity contribution < 1.29 is 15.2 Å². The van der Waals surface area contributed by atoms with Crippen LogP contribution in [0.15, 0.2) is 18.2 Å². The molecule has 0 fully saturated rings. The van der Waals surface area contributed by atoms with Crippen molar-refractivity contribution in [3.8, 4) is 5.75 Å². The van der Waals surface area contributed by atoms with Crippen molar-refractivity contribution in [2.24, 2.45) is 0 Å². The summed E-state index contributed by atoms with van der Waals surface area (Å²) in [7, 11) is -1.55. The van der Waals surface area contributed by atoms with Crippen LogP contribution in [-0.2, 0) is 0 Å². The quantitative estimate of drug-likeness (QED) is 0.540. The van der Waals surface area contributed by atoms with Gasteiger partial charge >= 0.3 is 7.12 Å². The molecule has 0 saturated heterocycles. The van der Waals surface area contributed by atoms with Gasteiger partial charge in [-0.3, -0.25) is 0 Å². The summed E-state index contributed by atoms with van der Waals surface area (Å²) in [5.74, 6) is 0.134. The Balaban J connectivity index is 2.84. The number of aromatic hydroxyl groups is 1. The molecule has 0 saturated carbocycles. The van der Waals surface area contributed by atoms with Crippen LogP contribution >= 0.6 is 33.9 Å². The Morgan fingerprint density at radius 2 is 2.00 bits per heavy atom. The van der Waals surface area contributed by atoms with Crippen LogP contribution in [0.4, 0.5) is 0 Å². The van der Waals surface area contributed by atoms with Gasteiger partial charge in [0.1, 0.15) is 8.63 Å². The maximum atomic E-state index is 9.71. The third-order valence-electron chi connectivity index (χ3n) is 1.96. The van der Waals surface area contributed by atoms with Gasteiger partial charge in [-0.1, -0.05) is 12.1 Å². The summed E-state index contributed by atoms with van der Waals surface area (Å²) in [6.07, 6.45) is 0. The summed E-state index contributed by atoms with van der Waals surface area (Å²) in [6, 6.07) is 5.17. The third kappa shape index (κ3) is 1.52. The lowest BCUT2D eigenvalue weighted by Crippen LogP contribution is -2.30. The van der Waals surface area contributed by atoms with E-state index in [1.165, 1.54) is 11.3 Å². The molecule has 3 N–H and O–H groups in total. The molecule has 0 amide bonds. The molecule has 6 heteroatoms. The zero-order valence-electron chi connectivity index (χ0n) is 6.94. The minimum atomic E-state index is -1.55. The smallest absolute Gasteiger partial charge is 0.489 e. The Labute approximate surface area is 98.3 Å².